The molecular formula is C16H14BrFN2O2. The summed E-state index contributed by atoms with van der Waals surface area (Å²) in [6.07, 6.45) is -0.345. The zero-order valence-electron chi connectivity index (χ0n) is 11.8. The molecule has 0 saturated carbocycles. The van der Waals surface area contributed by atoms with Gasteiger partial charge in [0.2, 0.25) is 11.8 Å². The predicted octanol–water partition coefficient (Wildman–Crippen LogP) is 3.86. The largest absolute Gasteiger partial charge is 0.326 e. The molecule has 0 heterocycles. The van der Waals surface area contributed by atoms with E-state index in [-0.39, 0.29) is 6.42 Å². The van der Waals surface area contributed by atoms with Crippen LogP contribution in [0.1, 0.15) is 12.0 Å². The molecular weight excluding hydrogens is 351 g/mol. The lowest BCUT2D eigenvalue weighted by atomic mass is 10.2. The molecule has 0 aromatic heterocycles. The minimum atomic E-state index is -0.505. The van der Waals surface area contributed by atoms with Gasteiger partial charge in [0.25, 0.3) is 0 Å². The average molecular weight is 365 g/mol. The lowest BCUT2D eigenvalue weighted by Gasteiger charge is -2.08. The number of hydrogen-bond acceptors (Lipinski definition) is 2. The molecule has 22 heavy (non-hydrogen) atoms. The lowest BCUT2D eigenvalue weighted by Crippen LogP contribution is -2.21. The van der Waals surface area contributed by atoms with Crippen molar-refractivity contribution in [1.29, 1.82) is 0 Å². The number of hydrogen-bond donors (Lipinski definition) is 2. The van der Waals surface area contributed by atoms with Crippen LogP contribution in [0.25, 0.3) is 0 Å². The Bertz CT molecular complexity index is 719. The number of amides is 2. The SMILES string of the molecule is Cc1ccc(NC(=O)CC(=O)Nc2cccc(F)c2)cc1Br. The van der Waals surface area contributed by atoms with Crippen molar-refractivity contribution in [3.63, 3.8) is 0 Å². The van der Waals surface area contributed by atoms with Crippen molar-refractivity contribution < 1.29 is 14.0 Å². The van der Waals surface area contributed by atoms with Gasteiger partial charge in [-0.1, -0.05) is 28.1 Å². The highest BCUT2D eigenvalue weighted by atomic mass is 79.9. The number of benzene rings is 2. The molecule has 0 fully saturated rings. The third kappa shape index (κ3) is 4.66. The molecule has 2 rings (SSSR count). The van der Waals surface area contributed by atoms with Crippen molar-refractivity contribution in [2.45, 2.75) is 13.3 Å². The summed E-state index contributed by atoms with van der Waals surface area (Å²) in [4.78, 5) is 23.6. The highest BCUT2D eigenvalue weighted by Gasteiger charge is 2.10. The van der Waals surface area contributed by atoms with Gasteiger partial charge in [0.05, 0.1) is 0 Å². The Labute approximate surface area is 135 Å². The number of carbonyl (C=O) groups is 2. The van der Waals surface area contributed by atoms with Crippen LogP contribution in [0, 0.1) is 12.7 Å². The maximum Gasteiger partial charge on any atom is 0.233 e. The second kappa shape index (κ2) is 7.17. The fourth-order valence-electron chi connectivity index (χ4n) is 1.79. The first kappa shape index (κ1) is 16.2. The number of rotatable bonds is 4. The van der Waals surface area contributed by atoms with Crippen LogP contribution in [0.5, 0.6) is 0 Å². The summed E-state index contributed by atoms with van der Waals surface area (Å²) >= 11 is 3.37. The van der Waals surface area contributed by atoms with Gasteiger partial charge < -0.3 is 10.6 Å². The highest BCUT2D eigenvalue weighted by Crippen LogP contribution is 2.20. The Hall–Kier alpha value is -2.21. The molecule has 6 heteroatoms. The molecule has 2 N–H and O–H groups in total. The van der Waals surface area contributed by atoms with E-state index in [1.165, 1.54) is 18.2 Å². The maximum absolute atomic E-state index is 13.0. The number of anilines is 2. The molecule has 4 nitrogen and oxygen atoms in total. The molecule has 0 bridgehead atoms. The zero-order valence-corrected chi connectivity index (χ0v) is 13.4. The molecule has 0 aliphatic carbocycles. The van der Waals surface area contributed by atoms with E-state index in [0.717, 1.165) is 10.0 Å². The monoisotopic (exact) mass is 364 g/mol. The standard InChI is InChI=1S/C16H14BrFN2O2/c1-10-5-6-13(8-14(10)17)20-16(22)9-15(21)19-12-4-2-3-11(18)7-12/h2-8H,9H2,1H3,(H,19,21)(H,20,22). The van der Waals surface area contributed by atoms with Crippen LogP contribution in [0.2, 0.25) is 0 Å². The van der Waals surface area contributed by atoms with Gasteiger partial charge in [0.1, 0.15) is 12.2 Å². The smallest absolute Gasteiger partial charge is 0.233 e. The van der Waals surface area contributed by atoms with Crippen LogP contribution in [-0.4, -0.2) is 11.8 Å². The highest BCUT2D eigenvalue weighted by molar-refractivity contribution is 9.10. The van der Waals surface area contributed by atoms with Crippen molar-refractivity contribution >= 4 is 39.1 Å². The van der Waals surface area contributed by atoms with E-state index in [1.807, 2.05) is 13.0 Å². The van der Waals surface area contributed by atoms with E-state index >= 15 is 0 Å². The van der Waals surface area contributed by atoms with Crippen molar-refractivity contribution in [3.8, 4) is 0 Å². The van der Waals surface area contributed by atoms with Crippen LogP contribution < -0.4 is 10.6 Å². The first-order valence-corrected chi connectivity index (χ1v) is 7.35. The number of aryl methyl sites for hydroxylation is 1. The third-order valence-corrected chi connectivity index (χ3v) is 3.74. The molecule has 114 valence electrons. The van der Waals surface area contributed by atoms with E-state index < -0.39 is 17.6 Å². The van der Waals surface area contributed by atoms with Gasteiger partial charge in [-0.3, -0.25) is 9.59 Å². The minimum Gasteiger partial charge on any atom is -0.326 e. The Morgan fingerprint density at radius 1 is 1.05 bits per heavy atom. The fraction of sp³-hybridized carbons (Fsp3) is 0.125. The van der Waals surface area contributed by atoms with Gasteiger partial charge in [0.15, 0.2) is 0 Å². The summed E-state index contributed by atoms with van der Waals surface area (Å²) in [5, 5.41) is 5.11. The summed E-state index contributed by atoms with van der Waals surface area (Å²) < 4.78 is 13.9. The van der Waals surface area contributed by atoms with Crippen LogP contribution >= 0.6 is 15.9 Å². The second-order valence-electron chi connectivity index (χ2n) is 4.75. The molecule has 0 aliphatic heterocycles. The summed E-state index contributed by atoms with van der Waals surface area (Å²) in [5.74, 6) is -1.40. The van der Waals surface area contributed by atoms with Gasteiger partial charge in [-0.15, -0.1) is 0 Å². The normalized spacial score (nSPS) is 10.1. The third-order valence-electron chi connectivity index (χ3n) is 2.89. The molecule has 0 spiro atoms. The van der Waals surface area contributed by atoms with Gasteiger partial charge >= 0.3 is 0 Å². The van der Waals surface area contributed by atoms with E-state index in [1.54, 1.807) is 18.2 Å². The Morgan fingerprint density at radius 2 is 1.68 bits per heavy atom. The summed E-state index contributed by atoms with van der Waals surface area (Å²) in [7, 11) is 0. The van der Waals surface area contributed by atoms with Crippen molar-refractivity contribution in [1.82, 2.24) is 0 Å². The van der Waals surface area contributed by atoms with Crippen molar-refractivity contribution in [3.05, 3.63) is 58.3 Å². The maximum atomic E-state index is 13.0. The molecule has 2 aromatic rings. The quantitative estimate of drug-likeness (QED) is 0.809. The van der Waals surface area contributed by atoms with E-state index in [4.69, 9.17) is 0 Å². The summed E-state index contributed by atoms with van der Waals surface area (Å²) in [5.41, 5.74) is 1.96. The van der Waals surface area contributed by atoms with Gasteiger partial charge in [0, 0.05) is 15.8 Å². The summed E-state index contributed by atoms with van der Waals surface area (Å²) in [6, 6.07) is 10.9. The molecule has 0 unspecified atom stereocenters. The molecule has 0 aliphatic rings. The predicted molar refractivity (Wildman–Crippen MR) is 87.2 cm³/mol. The lowest BCUT2D eigenvalue weighted by molar-refractivity contribution is -0.123. The van der Waals surface area contributed by atoms with Crippen LogP contribution in [0.15, 0.2) is 46.9 Å². The minimum absolute atomic E-state index is 0.316. The van der Waals surface area contributed by atoms with Crippen LogP contribution in [0.4, 0.5) is 15.8 Å². The Morgan fingerprint density at radius 3 is 2.27 bits per heavy atom. The van der Waals surface area contributed by atoms with Crippen LogP contribution in [0.3, 0.4) is 0 Å². The Balaban J connectivity index is 1.91. The summed E-state index contributed by atoms with van der Waals surface area (Å²) in [6.45, 7) is 1.93. The first-order valence-electron chi connectivity index (χ1n) is 6.55. The van der Waals surface area contributed by atoms with Gasteiger partial charge in [-0.2, -0.15) is 0 Å². The molecule has 0 radical (unpaired) electrons. The number of nitrogens with one attached hydrogen (secondary N) is 2. The first-order chi connectivity index (χ1) is 10.4. The zero-order chi connectivity index (χ0) is 16.1. The molecule has 0 atom stereocenters. The number of halogens is 2. The average Bonchev–Trinajstić information content (AvgIpc) is 2.42. The molecule has 2 amide bonds. The fourth-order valence-corrected chi connectivity index (χ4v) is 2.17. The second-order valence-corrected chi connectivity index (χ2v) is 5.60. The molecule has 0 saturated heterocycles. The van der Waals surface area contributed by atoms with E-state index in [0.29, 0.717) is 11.4 Å². The number of carbonyl (C=O) groups excluding carboxylic acids is 2. The Kier molecular flexibility index (Phi) is 5.27. The topological polar surface area (TPSA) is 58.2 Å². The van der Waals surface area contributed by atoms with E-state index in [9.17, 15) is 14.0 Å². The van der Waals surface area contributed by atoms with Crippen LogP contribution in [-0.2, 0) is 9.59 Å². The molecule has 2 aromatic carbocycles. The van der Waals surface area contributed by atoms with Gasteiger partial charge in [-0.25, -0.2) is 4.39 Å². The van der Waals surface area contributed by atoms with Crippen molar-refractivity contribution in [2.24, 2.45) is 0 Å². The van der Waals surface area contributed by atoms with E-state index in [2.05, 4.69) is 26.6 Å². The van der Waals surface area contributed by atoms with Gasteiger partial charge in [-0.05, 0) is 42.8 Å². The van der Waals surface area contributed by atoms with Crippen molar-refractivity contribution in [2.75, 3.05) is 10.6 Å².